The number of hydrogen-bond acceptors (Lipinski definition) is 2. The second-order valence-electron chi connectivity index (χ2n) is 5.47. The number of benzene rings is 2. The highest BCUT2D eigenvalue weighted by Crippen LogP contribution is 2.28. The number of carbonyl (C=O) groups is 2. The molecule has 4 nitrogen and oxygen atoms in total. The van der Waals surface area contributed by atoms with Gasteiger partial charge in [0.25, 0.3) is 5.91 Å². The second kappa shape index (κ2) is 6.20. The molecule has 0 aromatic heterocycles. The van der Waals surface area contributed by atoms with E-state index in [9.17, 15) is 18.4 Å². The number of amides is 3. The highest BCUT2D eigenvalue weighted by atomic mass is 35.5. The SMILES string of the molecule is CC1C(=O)N(Cc2ccc(F)cc2Cl)C(=O)N1c1ccc(F)cc1. The van der Waals surface area contributed by atoms with E-state index >= 15 is 0 Å². The summed E-state index contributed by atoms with van der Waals surface area (Å²) in [5.74, 6) is -1.33. The predicted octanol–water partition coefficient (Wildman–Crippen LogP) is 3.98. The summed E-state index contributed by atoms with van der Waals surface area (Å²) in [6.45, 7) is 1.54. The molecule has 1 fully saturated rings. The number of carbonyl (C=O) groups excluding carboxylic acids is 2. The zero-order valence-electron chi connectivity index (χ0n) is 12.7. The molecule has 3 rings (SSSR count). The number of hydrogen-bond donors (Lipinski definition) is 0. The maximum Gasteiger partial charge on any atom is 0.332 e. The average molecular weight is 351 g/mol. The van der Waals surface area contributed by atoms with Crippen LogP contribution < -0.4 is 4.90 Å². The summed E-state index contributed by atoms with van der Waals surface area (Å²) in [4.78, 5) is 27.4. The minimum absolute atomic E-state index is 0.0567. The van der Waals surface area contributed by atoms with Crippen LogP contribution in [0.1, 0.15) is 12.5 Å². The van der Waals surface area contributed by atoms with E-state index in [0.717, 1.165) is 11.0 Å². The second-order valence-corrected chi connectivity index (χ2v) is 5.87. The summed E-state index contributed by atoms with van der Waals surface area (Å²) in [6.07, 6.45) is 0. The Kier molecular flexibility index (Phi) is 4.24. The summed E-state index contributed by atoms with van der Waals surface area (Å²) >= 11 is 5.97. The van der Waals surface area contributed by atoms with Gasteiger partial charge in [-0.05, 0) is 48.9 Å². The number of rotatable bonds is 3. The van der Waals surface area contributed by atoms with Gasteiger partial charge in [0, 0.05) is 10.7 Å². The van der Waals surface area contributed by atoms with Gasteiger partial charge < -0.3 is 0 Å². The normalized spacial score (nSPS) is 17.8. The Labute approximate surface area is 142 Å². The Bertz CT molecular complexity index is 811. The topological polar surface area (TPSA) is 40.6 Å². The molecule has 0 N–H and O–H groups in total. The van der Waals surface area contributed by atoms with Crippen LogP contribution in [0.4, 0.5) is 19.3 Å². The van der Waals surface area contributed by atoms with Crippen LogP contribution in [0.5, 0.6) is 0 Å². The van der Waals surface area contributed by atoms with Crippen LogP contribution in [0.3, 0.4) is 0 Å². The van der Waals surface area contributed by atoms with Crippen LogP contribution in [-0.4, -0.2) is 22.9 Å². The summed E-state index contributed by atoms with van der Waals surface area (Å²) in [6, 6.07) is 7.84. The molecule has 0 bridgehead atoms. The van der Waals surface area contributed by atoms with Crippen LogP contribution in [0.2, 0.25) is 5.02 Å². The van der Waals surface area contributed by atoms with E-state index in [1.807, 2.05) is 0 Å². The van der Waals surface area contributed by atoms with Crippen molar-refractivity contribution in [3.05, 3.63) is 64.7 Å². The fourth-order valence-electron chi connectivity index (χ4n) is 2.63. The number of anilines is 1. The number of halogens is 3. The molecule has 0 aliphatic carbocycles. The van der Waals surface area contributed by atoms with E-state index in [1.165, 1.54) is 41.3 Å². The first-order chi connectivity index (χ1) is 11.4. The Hall–Kier alpha value is -2.47. The molecule has 1 heterocycles. The van der Waals surface area contributed by atoms with Crippen LogP contribution in [0.25, 0.3) is 0 Å². The zero-order valence-corrected chi connectivity index (χ0v) is 13.4. The molecular weight excluding hydrogens is 338 g/mol. The Balaban J connectivity index is 1.89. The highest BCUT2D eigenvalue weighted by Gasteiger charge is 2.43. The van der Waals surface area contributed by atoms with Crippen LogP contribution in [0, 0.1) is 11.6 Å². The smallest absolute Gasteiger partial charge is 0.282 e. The van der Waals surface area contributed by atoms with Crippen molar-refractivity contribution >= 4 is 29.2 Å². The lowest BCUT2D eigenvalue weighted by Crippen LogP contribution is -2.33. The Morgan fingerprint density at radius 1 is 1.04 bits per heavy atom. The van der Waals surface area contributed by atoms with Gasteiger partial charge in [0.05, 0.1) is 6.54 Å². The fraction of sp³-hybridized carbons (Fsp3) is 0.176. The lowest BCUT2D eigenvalue weighted by Gasteiger charge is -2.19. The molecule has 1 atom stereocenters. The lowest BCUT2D eigenvalue weighted by atomic mass is 10.2. The lowest BCUT2D eigenvalue weighted by molar-refractivity contribution is -0.127. The van der Waals surface area contributed by atoms with E-state index in [1.54, 1.807) is 6.92 Å². The van der Waals surface area contributed by atoms with Gasteiger partial charge in [-0.3, -0.25) is 14.6 Å². The van der Waals surface area contributed by atoms with Crippen LogP contribution in [-0.2, 0) is 11.3 Å². The van der Waals surface area contributed by atoms with Gasteiger partial charge in [-0.2, -0.15) is 0 Å². The minimum atomic E-state index is -0.720. The van der Waals surface area contributed by atoms with E-state index in [-0.39, 0.29) is 11.6 Å². The van der Waals surface area contributed by atoms with Crippen LogP contribution >= 0.6 is 11.6 Å². The van der Waals surface area contributed by atoms with Crippen molar-refractivity contribution in [1.29, 1.82) is 0 Å². The highest BCUT2D eigenvalue weighted by molar-refractivity contribution is 6.31. The summed E-state index contributed by atoms with van der Waals surface area (Å²) in [5.41, 5.74) is 0.892. The van der Waals surface area contributed by atoms with Crippen molar-refractivity contribution in [1.82, 2.24) is 4.90 Å². The monoisotopic (exact) mass is 350 g/mol. The van der Waals surface area contributed by atoms with Gasteiger partial charge in [-0.25, -0.2) is 13.6 Å². The minimum Gasteiger partial charge on any atom is -0.282 e. The summed E-state index contributed by atoms with van der Waals surface area (Å²) in [5, 5.41) is 0.142. The van der Waals surface area contributed by atoms with Crippen molar-refractivity contribution in [3.63, 3.8) is 0 Å². The van der Waals surface area contributed by atoms with Gasteiger partial charge in [-0.15, -0.1) is 0 Å². The first kappa shape index (κ1) is 16.4. The van der Waals surface area contributed by atoms with E-state index in [2.05, 4.69) is 0 Å². The molecule has 24 heavy (non-hydrogen) atoms. The fourth-order valence-corrected chi connectivity index (χ4v) is 2.85. The van der Waals surface area contributed by atoms with Gasteiger partial charge in [0.15, 0.2) is 0 Å². The average Bonchev–Trinajstić information content (AvgIpc) is 2.74. The number of urea groups is 1. The third-order valence-corrected chi connectivity index (χ3v) is 4.25. The van der Waals surface area contributed by atoms with Gasteiger partial charge >= 0.3 is 6.03 Å². The zero-order chi connectivity index (χ0) is 17.4. The molecular formula is C17H13ClF2N2O2. The van der Waals surface area contributed by atoms with Crippen LogP contribution in [0.15, 0.2) is 42.5 Å². The van der Waals surface area contributed by atoms with Gasteiger partial charge in [-0.1, -0.05) is 17.7 Å². The summed E-state index contributed by atoms with van der Waals surface area (Å²) in [7, 11) is 0. The molecule has 1 unspecified atom stereocenters. The third kappa shape index (κ3) is 2.85. The Morgan fingerprint density at radius 3 is 2.29 bits per heavy atom. The molecule has 124 valence electrons. The molecule has 0 spiro atoms. The molecule has 1 aliphatic rings. The van der Waals surface area contributed by atoms with E-state index in [0.29, 0.717) is 11.3 Å². The molecule has 1 aliphatic heterocycles. The number of nitrogens with zero attached hydrogens (tertiary/aromatic N) is 2. The van der Waals surface area contributed by atoms with E-state index < -0.39 is 29.6 Å². The van der Waals surface area contributed by atoms with Crippen molar-refractivity contribution in [2.75, 3.05) is 4.90 Å². The third-order valence-electron chi connectivity index (χ3n) is 3.90. The molecule has 2 aromatic carbocycles. The largest absolute Gasteiger partial charge is 0.332 e. The summed E-state index contributed by atoms with van der Waals surface area (Å²) < 4.78 is 26.2. The predicted molar refractivity (Wildman–Crippen MR) is 85.7 cm³/mol. The molecule has 0 radical (unpaired) electrons. The van der Waals surface area contributed by atoms with Crippen molar-refractivity contribution in [3.8, 4) is 0 Å². The van der Waals surface area contributed by atoms with Crippen molar-refractivity contribution in [2.45, 2.75) is 19.5 Å². The standard InChI is InChI=1S/C17H13ClF2N2O2/c1-10-16(23)21(9-11-2-3-13(20)8-15(11)18)17(24)22(10)14-6-4-12(19)5-7-14/h2-8,10H,9H2,1H3. The van der Waals surface area contributed by atoms with E-state index in [4.69, 9.17) is 11.6 Å². The van der Waals surface area contributed by atoms with Crippen molar-refractivity contribution in [2.24, 2.45) is 0 Å². The number of imide groups is 1. The quantitative estimate of drug-likeness (QED) is 0.786. The maximum absolute atomic E-state index is 13.1. The molecule has 0 saturated carbocycles. The Morgan fingerprint density at radius 2 is 1.67 bits per heavy atom. The molecule has 2 aromatic rings. The first-order valence-electron chi connectivity index (χ1n) is 7.22. The van der Waals surface area contributed by atoms with Gasteiger partial charge in [0.1, 0.15) is 17.7 Å². The van der Waals surface area contributed by atoms with Gasteiger partial charge in [0.2, 0.25) is 0 Å². The molecule has 7 heteroatoms. The first-order valence-corrected chi connectivity index (χ1v) is 7.60. The maximum atomic E-state index is 13.1. The van der Waals surface area contributed by atoms with Crippen molar-refractivity contribution < 1.29 is 18.4 Å². The molecule has 1 saturated heterocycles. The molecule has 3 amide bonds.